The summed E-state index contributed by atoms with van der Waals surface area (Å²) >= 11 is 0.253. The number of nitrogens with zero attached hydrogens (tertiary/aromatic N) is 3. The number of hydrogen-bond acceptors (Lipinski definition) is 8. The molecule has 0 bridgehead atoms. The molecule has 0 saturated heterocycles. The molecule has 168 valence electrons. The van der Waals surface area contributed by atoms with Crippen molar-refractivity contribution in [2.24, 2.45) is 0 Å². The van der Waals surface area contributed by atoms with Crippen LogP contribution in [-0.2, 0) is 15.9 Å². The molecule has 0 aromatic carbocycles. The zero-order valence-corrected chi connectivity index (χ0v) is 19.4. The second-order valence-electron chi connectivity index (χ2n) is 7.68. The van der Waals surface area contributed by atoms with Crippen molar-refractivity contribution in [2.75, 3.05) is 18.2 Å². The van der Waals surface area contributed by atoms with Crippen LogP contribution in [0.15, 0.2) is 53.1 Å². The largest absolute Gasteiger partial charge is 0.611 e. The van der Waals surface area contributed by atoms with Gasteiger partial charge in [0.25, 0.3) is 0 Å². The van der Waals surface area contributed by atoms with Gasteiger partial charge in [-0.15, -0.1) is 0 Å². The Kier molecular flexibility index (Phi) is 5.88. The normalized spacial score (nSPS) is 14.6. The van der Waals surface area contributed by atoms with E-state index in [1.54, 1.807) is 24.7 Å². The first-order chi connectivity index (χ1) is 16.0. The van der Waals surface area contributed by atoms with Crippen LogP contribution in [0.25, 0.3) is 32.6 Å². The third-order valence-corrected chi connectivity index (χ3v) is 8.95. The fraction of sp³-hybridized carbons (Fsp3) is 0.217. The summed E-state index contributed by atoms with van der Waals surface area (Å²) in [5.41, 5.74) is 10.3. The van der Waals surface area contributed by atoms with Crippen molar-refractivity contribution >= 4 is 50.3 Å². The molecule has 1 saturated carbocycles. The van der Waals surface area contributed by atoms with E-state index in [9.17, 15) is 9.35 Å². The Balaban J connectivity index is 1.62. The zero-order chi connectivity index (χ0) is 22.9. The van der Waals surface area contributed by atoms with E-state index in [0.717, 1.165) is 46.2 Å². The second-order valence-corrected chi connectivity index (χ2v) is 10.6. The Hall–Kier alpha value is -3.21. The van der Waals surface area contributed by atoms with Crippen molar-refractivity contribution in [3.63, 3.8) is 0 Å². The number of carbonyl (C=O) groups is 1. The number of amides is 1. The molecule has 1 amide bonds. The molecule has 1 atom stereocenters. The molecule has 0 aliphatic heterocycles. The molecule has 4 heterocycles. The number of nitrogens with two attached hydrogens (primary N) is 1. The highest BCUT2D eigenvalue weighted by molar-refractivity contribution is 7.94. The maximum atomic E-state index is 13.1. The first-order valence-electron chi connectivity index (χ1n) is 10.4. The predicted octanol–water partition coefficient (Wildman–Crippen LogP) is 4.84. The second kappa shape index (κ2) is 8.97. The minimum absolute atomic E-state index is 0.167. The summed E-state index contributed by atoms with van der Waals surface area (Å²) in [7, 11) is 1.29. The van der Waals surface area contributed by atoms with Gasteiger partial charge in [-0.3, -0.25) is 10.3 Å². The molecule has 3 N–H and O–H groups in total. The van der Waals surface area contributed by atoms with Crippen LogP contribution in [0.4, 0.5) is 16.3 Å². The molecular formula is C23H21N5O3S2. The summed E-state index contributed by atoms with van der Waals surface area (Å²) in [5, 5.41) is 3.50. The van der Waals surface area contributed by atoms with Gasteiger partial charge in [0.1, 0.15) is 21.6 Å². The summed E-state index contributed by atoms with van der Waals surface area (Å²) < 4.78 is 18.4. The number of anilines is 2. The predicted molar refractivity (Wildman–Crippen MR) is 131 cm³/mol. The number of nitrogen functional groups attached to an aromatic ring is 1. The Labute approximate surface area is 197 Å². The first kappa shape index (κ1) is 21.6. The van der Waals surface area contributed by atoms with Gasteiger partial charge in [0, 0.05) is 46.3 Å². The maximum Gasteiger partial charge on any atom is 0.412 e. The molecule has 4 aromatic rings. The van der Waals surface area contributed by atoms with E-state index in [4.69, 9.17) is 10.7 Å². The summed E-state index contributed by atoms with van der Waals surface area (Å²) in [6, 6.07) is 9.29. The lowest BCUT2D eigenvalue weighted by molar-refractivity contribution is 0.187. The lowest BCUT2D eigenvalue weighted by atomic mass is 10.00. The summed E-state index contributed by atoms with van der Waals surface area (Å²) in [6.07, 6.45) is 7.58. The van der Waals surface area contributed by atoms with Crippen molar-refractivity contribution in [1.82, 2.24) is 15.0 Å². The van der Waals surface area contributed by atoms with Crippen LogP contribution in [0, 0.1) is 0 Å². The van der Waals surface area contributed by atoms with Crippen molar-refractivity contribution < 1.29 is 14.1 Å². The topological polar surface area (TPSA) is 126 Å². The van der Waals surface area contributed by atoms with Crippen LogP contribution in [0.3, 0.4) is 0 Å². The number of rotatable bonds is 5. The highest BCUT2D eigenvalue weighted by Gasteiger charge is 2.35. The fourth-order valence-corrected chi connectivity index (χ4v) is 6.87. The molecular weight excluding hydrogens is 458 g/mol. The van der Waals surface area contributed by atoms with E-state index in [1.807, 2.05) is 24.3 Å². The summed E-state index contributed by atoms with van der Waals surface area (Å²) in [6.45, 7) is 0. The van der Waals surface area contributed by atoms with Gasteiger partial charge in [-0.1, -0.05) is 17.4 Å². The van der Waals surface area contributed by atoms with Crippen LogP contribution < -0.4 is 11.1 Å². The number of fused-ring (bicyclic) bond motifs is 1. The molecule has 4 aromatic heterocycles. The number of pyridine rings is 3. The van der Waals surface area contributed by atoms with Crippen LogP contribution >= 0.6 is 11.3 Å². The van der Waals surface area contributed by atoms with Crippen LogP contribution in [0.1, 0.15) is 19.3 Å². The van der Waals surface area contributed by atoms with Gasteiger partial charge >= 0.3 is 6.09 Å². The zero-order valence-electron chi connectivity index (χ0n) is 17.8. The number of carbonyl (C=O) groups excluding carboxylic acids is 1. The summed E-state index contributed by atoms with van der Waals surface area (Å²) in [4.78, 5) is 25.5. The molecule has 33 heavy (non-hydrogen) atoms. The number of methoxy groups -OCH3 is 1. The summed E-state index contributed by atoms with van der Waals surface area (Å²) in [5.74, 6) is 0.373. The van der Waals surface area contributed by atoms with Gasteiger partial charge in [0.2, 0.25) is 4.21 Å². The third kappa shape index (κ3) is 4.12. The van der Waals surface area contributed by atoms with E-state index in [-0.39, 0.29) is 5.25 Å². The lowest BCUT2D eigenvalue weighted by Crippen LogP contribution is -2.28. The van der Waals surface area contributed by atoms with Crippen LogP contribution in [0.5, 0.6) is 0 Å². The highest BCUT2D eigenvalue weighted by atomic mass is 32.2. The fourth-order valence-electron chi connectivity index (χ4n) is 3.66. The lowest BCUT2D eigenvalue weighted by Gasteiger charge is -2.27. The Morgan fingerprint density at radius 2 is 2.12 bits per heavy atom. The van der Waals surface area contributed by atoms with Gasteiger partial charge in [0.15, 0.2) is 0 Å². The van der Waals surface area contributed by atoms with Gasteiger partial charge in [-0.25, -0.2) is 14.8 Å². The number of nitrogens with one attached hydrogen (secondary N) is 1. The molecule has 1 fully saturated rings. The molecule has 5 rings (SSSR count). The van der Waals surface area contributed by atoms with E-state index in [2.05, 4.69) is 20.0 Å². The number of hydrogen-bond donors (Lipinski definition) is 2. The number of ether oxygens (including phenoxy) is 1. The standard InChI is InChI=1S/C23H21N5O3S2/c1-31-23(29)28-18-8-7-14(12-26-18)17-10-16(13-4-3-9-25-11-13)19-20(24)22(32-21(19)27-17)33(30)15-5-2-6-15/h3-4,7-12,15H,2,5-6,24H2,1H3,(H,26,28,29). The Morgan fingerprint density at radius 1 is 1.27 bits per heavy atom. The van der Waals surface area contributed by atoms with E-state index in [0.29, 0.717) is 21.4 Å². The van der Waals surface area contributed by atoms with E-state index in [1.165, 1.54) is 18.4 Å². The van der Waals surface area contributed by atoms with Crippen molar-refractivity contribution in [2.45, 2.75) is 28.7 Å². The molecule has 8 nitrogen and oxygen atoms in total. The molecule has 1 unspecified atom stereocenters. The Morgan fingerprint density at radius 3 is 2.76 bits per heavy atom. The molecule has 0 spiro atoms. The Bertz CT molecular complexity index is 1310. The average molecular weight is 480 g/mol. The van der Waals surface area contributed by atoms with Crippen molar-refractivity contribution in [3.05, 3.63) is 48.9 Å². The smallest absolute Gasteiger partial charge is 0.412 e. The van der Waals surface area contributed by atoms with Gasteiger partial charge in [-0.05, 0) is 49.1 Å². The molecule has 1 aliphatic rings. The van der Waals surface area contributed by atoms with Crippen LogP contribution in [-0.4, -0.2) is 38.0 Å². The quantitative estimate of drug-likeness (QED) is 0.392. The highest BCUT2D eigenvalue weighted by Crippen LogP contribution is 2.45. The molecule has 0 radical (unpaired) electrons. The van der Waals surface area contributed by atoms with Gasteiger partial charge in [0.05, 0.1) is 12.8 Å². The van der Waals surface area contributed by atoms with Crippen LogP contribution in [0.2, 0.25) is 0 Å². The first-order valence-corrected chi connectivity index (χ1v) is 12.4. The van der Waals surface area contributed by atoms with Crippen molar-refractivity contribution in [3.8, 4) is 22.4 Å². The monoisotopic (exact) mass is 479 g/mol. The number of thiophene rings is 1. The van der Waals surface area contributed by atoms with Gasteiger partial charge < -0.3 is 15.0 Å². The average Bonchev–Trinajstić information content (AvgIpc) is 3.15. The van der Waals surface area contributed by atoms with Crippen molar-refractivity contribution in [1.29, 1.82) is 0 Å². The third-order valence-electron chi connectivity index (χ3n) is 5.65. The minimum Gasteiger partial charge on any atom is -0.611 e. The van der Waals surface area contributed by atoms with Gasteiger partial charge in [-0.2, -0.15) is 0 Å². The van der Waals surface area contributed by atoms with E-state index < -0.39 is 17.3 Å². The molecule has 1 aliphatic carbocycles. The SMILES string of the molecule is COC(=O)Nc1ccc(-c2cc(-c3cccnc3)c3c(N)c([S+]([O-])C4CCC4)sc3n2)cn1. The molecule has 10 heteroatoms. The van der Waals surface area contributed by atoms with E-state index >= 15 is 0 Å². The number of aromatic nitrogens is 3. The minimum atomic E-state index is -1.14. The maximum absolute atomic E-state index is 13.1.